The molecule has 0 radical (unpaired) electrons. The molecule has 2 aromatic carbocycles. The number of imidazole rings is 1. The van der Waals surface area contributed by atoms with Crippen LogP contribution in [0.5, 0.6) is 0 Å². The second-order valence-corrected chi connectivity index (χ2v) is 9.28. The quantitative estimate of drug-likeness (QED) is 0.642. The van der Waals surface area contributed by atoms with Gasteiger partial charge < -0.3 is 9.88 Å². The summed E-state index contributed by atoms with van der Waals surface area (Å²) in [4.78, 5) is 17.5. The average Bonchev–Trinajstić information content (AvgIpc) is 3.21. The molecule has 0 fully saturated rings. The summed E-state index contributed by atoms with van der Waals surface area (Å²) in [6, 6.07) is 16.3. The first-order valence-corrected chi connectivity index (χ1v) is 10.3. The number of nitrogens with one attached hydrogen (secondary N) is 1. The molecule has 0 saturated carbocycles. The van der Waals surface area contributed by atoms with Crippen LogP contribution >= 0.6 is 11.6 Å². The van der Waals surface area contributed by atoms with Crippen molar-refractivity contribution in [3.05, 3.63) is 77.1 Å². The van der Waals surface area contributed by atoms with Crippen LogP contribution < -0.4 is 5.32 Å². The summed E-state index contributed by atoms with van der Waals surface area (Å²) in [5.74, 6) is 0.964. The summed E-state index contributed by atoms with van der Waals surface area (Å²) in [6.07, 6.45) is 4.24. The third-order valence-electron chi connectivity index (χ3n) is 5.60. The molecule has 0 aliphatic carbocycles. The topological polar surface area (TPSA) is 46.9 Å². The fourth-order valence-corrected chi connectivity index (χ4v) is 4.73. The Labute approximate surface area is 176 Å². The van der Waals surface area contributed by atoms with Gasteiger partial charge in [0.2, 0.25) is 5.91 Å². The number of benzene rings is 2. The lowest BCUT2D eigenvalue weighted by Crippen LogP contribution is -2.45. The van der Waals surface area contributed by atoms with E-state index in [4.69, 9.17) is 11.6 Å². The first-order valence-electron chi connectivity index (χ1n) is 9.94. The molecule has 4 nitrogen and oxygen atoms in total. The Balaban J connectivity index is 1.89. The molecule has 1 aliphatic rings. The Morgan fingerprint density at radius 3 is 2.55 bits per heavy atom. The molecule has 1 aromatic heterocycles. The van der Waals surface area contributed by atoms with Gasteiger partial charge in [0.05, 0.1) is 0 Å². The van der Waals surface area contributed by atoms with Gasteiger partial charge in [0.25, 0.3) is 0 Å². The number of nitrogens with zero attached hydrogens (tertiary/aromatic N) is 2. The molecule has 2 atom stereocenters. The van der Waals surface area contributed by atoms with Crippen molar-refractivity contribution < 1.29 is 4.79 Å². The molecule has 4 rings (SSSR count). The van der Waals surface area contributed by atoms with Crippen LogP contribution in [-0.2, 0) is 10.3 Å². The van der Waals surface area contributed by atoms with E-state index < -0.39 is 5.54 Å². The van der Waals surface area contributed by atoms with Crippen molar-refractivity contribution in [1.82, 2.24) is 14.9 Å². The Morgan fingerprint density at radius 1 is 1.17 bits per heavy atom. The zero-order valence-electron chi connectivity index (χ0n) is 17.2. The average molecular weight is 408 g/mol. The van der Waals surface area contributed by atoms with E-state index in [1.807, 2.05) is 51.4 Å². The third-order valence-corrected chi connectivity index (χ3v) is 5.85. The van der Waals surface area contributed by atoms with E-state index in [0.29, 0.717) is 11.4 Å². The second kappa shape index (κ2) is 7.03. The highest BCUT2D eigenvalue weighted by atomic mass is 35.5. The number of hydrogen-bond donors (Lipinski definition) is 1. The second-order valence-electron chi connectivity index (χ2n) is 8.84. The maximum atomic E-state index is 12.9. The number of hydrogen-bond acceptors (Lipinski definition) is 2. The van der Waals surface area contributed by atoms with E-state index in [2.05, 4.69) is 52.1 Å². The van der Waals surface area contributed by atoms with Crippen LogP contribution in [-0.4, -0.2) is 21.0 Å². The summed E-state index contributed by atoms with van der Waals surface area (Å²) in [6.45, 7) is 8.15. The Hall–Kier alpha value is -2.59. The fraction of sp³-hybridized carbons (Fsp3) is 0.333. The number of amides is 1. The maximum absolute atomic E-state index is 12.9. The van der Waals surface area contributed by atoms with Crippen LogP contribution in [0, 0.1) is 5.92 Å². The van der Waals surface area contributed by atoms with E-state index >= 15 is 0 Å². The van der Waals surface area contributed by atoms with E-state index in [9.17, 15) is 4.79 Å². The predicted octanol–water partition coefficient (Wildman–Crippen LogP) is 5.25. The molecule has 1 aliphatic heterocycles. The molecule has 0 saturated heterocycles. The van der Waals surface area contributed by atoms with Gasteiger partial charge >= 0.3 is 0 Å². The lowest BCUT2D eigenvalue weighted by atomic mass is 9.72. The van der Waals surface area contributed by atoms with Crippen molar-refractivity contribution in [3.63, 3.8) is 0 Å². The standard InChI is InChI=1S/C24H26ClN3O/c1-16(15-21(29)27-23(2,3)4)24(17-9-11-18(25)12-10-17)20-8-6-5-7-19(20)22-26-13-14-28(22)24/h5-14,16H,15H2,1-4H3,(H,27,29). The van der Waals surface area contributed by atoms with Crippen molar-refractivity contribution in [2.75, 3.05) is 0 Å². The van der Waals surface area contributed by atoms with E-state index in [1.165, 1.54) is 5.56 Å². The molecule has 29 heavy (non-hydrogen) atoms. The molecule has 5 heteroatoms. The van der Waals surface area contributed by atoms with Crippen LogP contribution in [0.2, 0.25) is 5.02 Å². The van der Waals surface area contributed by atoms with Crippen LogP contribution in [0.4, 0.5) is 0 Å². The van der Waals surface area contributed by atoms with Crippen molar-refractivity contribution in [2.24, 2.45) is 5.92 Å². The number of carbonyl (C=O) groups excluding carboxylic acids is 1. The highest BCUT2D eigenvalue weighted by molar-refractivity contribution is 6.30. The SMILES string of the molecule is CC(CC(=O)NC(C)(C)C)C1(c2ccc(Cl)cc2)c2ccccc2-c2nccn21. The fourth-order valence-electron chi connectivity index (χ4n) is 4.61. The van der Waals surface area contributed by atoms with Crippen LogP contribution in [0.3, 0.4) is 0 Å². The Kier molecular flexibility index (Phi) is 4.78. The Morgan fingerprint density at radius 2 is 1.86 bits per heavy atom. The van der Waals surface area contributed by atoms with Crippen molar-refractivity contribution >= 4 is 17.5 Å². The van der Waals surface area contributed by atoms with Gasteiger partial charge in [-0.3, -0.25) is 4.79 Å². The molecule has 2 heterocycles. The van der Waals surface area contributed by atoms with Crippen molar-refractivity contribution in [2.45, 2.75) is 45.2 Å². The van der Waals surface area contributed by atoms with E-state index in [-0.39, 0.29) is 17.4 Å². The van der Waals surface area contributed by atoms with Gasteiger partial charge in [-0.15, -0.1) is 0 Å². The van der Waals surface area contributed by atoms with Gasteiger partial charge in [0.1, 0.15) is 11.4 Å². The number of carbonyl (C=O) groups is 1. The Bertz CT molecular complexity index is 1050. The highest BCUT2D eigenvalue weighted by Gasteiger charge is 2.49. The number of fused-ring (bicyclic) bond motifs is 3. The lowest BCUT2D eigenvalue weighted by molar-refractivity contribution is -0.123. The van der Waals surface area contributed by atoms with Gasteiger partial charge in [0.15, 0.2) is 0 Å². The van der Waals surface area contributed by atoms with Crippen molar-refractivity contribution in [3.8, 4) is 11.4 Å². The van der Waals surface area contributed by atoms with Gasteiger partial charge in [-0.1, -0.05) is 54.9 Å². The summed E-state index contributed by atoms with van der Waals surface area (Å²) < 4.78 is 2.22. The zero-order chi connectivity index (χ0) is 20.8. The normalized spacial score (nSPS) is 18.8. The van der Waals surface area contributed by atoms with Crippen molar-refractivity contribution in [1.29, 1.82) is 0 Å². The van der Waals surface area contributed by atoms with Gasteiger partial charge in [-0.25, -0.2) is 4.98 Å². The first kappa shape index (κ1) is 19.7. The third kappa shape index (κ3) is 3.25. The molecule has 2 unspecified atom stereocenters. The predicted molar refractivity (Wildman–Crippen MR) is 117 cm³/mol. The zero-order valence-corrected chi connectivity index (χ0v) is 18.0. The highest BCUT2D eigenvalue weighted by Crippen LogP contribution is 2.51. The monoisotopic (exact) mass is 407 g/mol. The minimum absolute atomic E-state index is 0.0115. The molecular formula is C24H26ClN3O. The molecule has 150 valence electrons. The summed E-state index contributed by atoms with van der Waals surface area (Å²) >= 11 is 6.20. The molecule has 0 spiro atoms. The van der Waals surface area contributed by atoms with Gasteiger partial charge in [-0.05, 0) is 49.9 Å². The number of aromatic nitrogens is 2. The summed E-state index contributed by atoms with van der Waals surface area (Å²) in [5.41, 5.74) is 2.58. The smallest absolute Gasteiger partial charge is 0.220 e. The number of halogens is 1. The van der Waals surface area contributed by atoms with Gasteiger partial charge in [0, 0.05) is 34.9 Å². The van der Waals surface area contributed by atoms with Crippen LogP contribution in [0.15, 0.2) is 60.9 Å². The van der Waals surface area contributed by atoms with Crippen LogP contribution in [0.1, 0.15) is 45.2 Å². The largest absolute Gasteiger partial charge is 0.351 e. The molecule has 0 bridgehead atoms. The summed E-state index contributed by atoms with van der Waals surface area (Å²) in [7, 11) is 0. The minimum Gasteiger partial charge on any atom is -0.351 e. The van der Waals surface area contributed by atoms with E-state index in [1.54, 1.807) is 0 Å². The van der Waals surface area contributed by atoms with Crippen LogP contribution in [0.25, 0.3) is 11.4 Å². The van der Waals surface area contributed by atoms with Gasteiger partial charge in [-0.2, -0.15) is 0 Å². The number of rotatable bonds is 4. The molecule has 1 N–H and O–H groups in total. The maximum Gasteiger partial charge on any atom is 0.220 e. The first-order chi connectivity index (χ1) is 13.7. The lowest BCUT2D eigenvalue weighted by Gasteiger charge is -2.39. The summed E-state index contributed by atoms with van der Waals surface area (Å²) in [5, 5.41) is 3.80. The molecule has 3 aromatic rings. The minimum atomic E-state index is -0.526. The van der Waals surface area contributed by atoms with E-state index in [0.717, 1.165) is 17.0 Å². The molecule has 1 amide bonds. The molecular weight excluding hydrogens is 382 g/mol.